The second-order valence-electron chi connectivity index (χ2n) is 6.95. The number of fused-ring (bicyclic) bond motifs is 1. The summed E-state index contributed by atoms with van der Waals surface area (Å²) in [4.78, 5) is 17.9. The number of H-pyrrole nitrogens is 1. The number of piperidine rings is 1. The first-order chi connectivity index (χ1) is 11.1. The first-order valence-electron chi connectivity index (χ1n) is 8.51. The molecule has 1 N–H and O–H groups in total. The quantitative estimate of drug-likeness (QED) is 0.929. The van der Waals surface area contributed by atoms with Crippen LogP contribution < -0.4 is 4.74 Å². The van der Waals surface area contributed by atoms with Crippen LogP contribution in [0.5, 0.6) is 5.75 Å². The molecule has 4 heteroatoms. The number of likely N-dealkylation sites (tertiary alicyclic amines) is 1. The third-order valence-electron chi connectivity index (χ3n) is 4.65. The molecule has 0 spiro atoms. The van der Waals surface area contributed by atoms with Crippen LogP contribution in [0.4, 0.5) is 0 Å². The molecule has 1 atom stereocenters. The molecular weight excluding hydrogens is 288 g/mol. The van der Waals surface area contributed by atoms with Crippen molar-refractivity contribution in [3.63, 3.8) is 0 Å². The summed E-state index contributed by atoms with van der Waals surface area (Å²) in [6.45, 7) is 5.93. The third kappa shape index (κ3) is 3.52. The van der Waals surface area contributed by atoms with Crippen LogP contribution in [-0.2, 0) is 4.79 Å². The van der Waals surface area contributed by atoms with Gasteiger partial charge in [-0.15, -0.1) is 0 Å². The van der Waals surface area contributed by atoms with Gasteiger partial charge in [0.15, 0.2) is 0 Å². The summed E-state index contributed by atoms with van der Waals surface area (Å²) in [6.07, 6.45) is 2.86. The molecule has 3 rings (SSSR count). The van der Waals surface area contributed by atoms with E-state index in [0.29, 0.717) is 24.2 Å². The molecule has 2 aromatic rings. The van der Waals surface area contributed by atoms with Gasteiger partial charge in [-0.2, -0.15) is 0 Å². The predicted octanol–water partition coefficient (Wildman–Crippen LogP) is 3.93. The first-order valence-corrected chi connectivity index (χ1v) is 8.51. The summed E-state index contributed by atoms with van der Waals surface area (Å²) in [5.74, 6) is 1.99. The van der Waals surface area contributed by atoms with Gasteiger partial charge in [0, 0.05) is 42.0 Å². The molecule has 1 saturated heterocycles. The second kappa shape index (κ2) is 6.65. The number of carbonyl (C=O) groups excluding carboxylic acids is 1. The molecule has 1 fully saturated rings. The highest BCUT2D eigenvalue weighted by Gasteiger charge is 2.26. The number of hydrogen-bond acceptors (Lipinski definition) is 2. The molecule has 0 bridgehead atoms. The van der Waals surface area contributed by atoms with E-state index in [-0.39, 0.29) is 0 Å². The number of hydrogen-bond donors (Lipinski definition) is 1. The third-order valence-corrected chi connectivity index (χ3v) is 4.65. The number of ether oxygens (including phenoxy) is 1. The summed E-state index contributed by atoms with van der Waals surface area (Å²) in [7, 11) is 1.69. The van der Waals surface area contributed by atoms with Crippen molar-refractivity contribution >= 4 is 16.8 Å². The number of aromatic nitrogens is 1. The first kappa shape index (κ1) is 15.9. The van der Waals surface area contributed by atoms with E-state index in [1.165, 1.54) is 11.1 Å². The van der Waals surface area contributed by atoms with Crippen molar-refractivity contribution in [1.82, 2.24) is 9.88 Å². The summed E-state index contributed by atoms with van der Waals surface area (Å²) in [5.41, 5.74) is 2.36. The molecule has 1 aromatic carbocycles. The molecule has 1 aliphatic rings. The minimum absolute atomic E-state index is 0.294. The van der Waals surface area contributed by atoms with Crippen molar-refractivity contribution in [1.29, 1.82) is 0 Å². The lowest BCUT2D eigenvalue weighted by molar-refractivity contribution is -0.133. The van der Waals surface area contributed by atoms with Crippen LogP contribution in [0.15, 0.2) is 24.3 Å². The molecule has 23 heavy (non-hydrogen) atoms. The summed E-state index contributed by atoms with van der Waals surface area (Å²) in [6, 6.07) is 8.29. The minimum Gasteiger partial charge on any atom is -0.497 e. The lowest BCUT2D eigenvalue weighted by Gasteiger charge is -2.33. The average Bonchev–Trinajstić information content (AvgIpc) is 2.97. The van der Waals surface area contributed by atoms with Crippen molar-refractivity contribution < 1.29 is 9.53 Å². The topological polar surface area (TPSA) is 45.3 Å². The molecule has 1 unspecified atom stereocenters. The van der Waals surface area contributed by atoms with Crippen molar-refractivity contribution in [3.05, 3.63) is 30.0 Å². The van der Waals surface area contributed by atoms with Crippen LogP contribution in [0.3, 0.4) is 0 Å². The van der Waals surface area contributed by atoms with Gasteiger partial charge < -0.3 is 14.6 Å². The Hall–Kier alpha value is -1.97. The second-order valence-corrected chi connectivity index (χ2v) is 6.95. The number of nitrogens with one attached hydrogen (secondary N) is 1. The van der Waals surface area contributed by atoms with E-state index >= 15 is 0 Å². The Morgan fingerprint density at radius 2 is 2.22 bits per heavy atom. The lowest BCUT2D eigenvalue weighted by atomic mass is 9.94. The number of aromatic amines is 1. The number of rotatable bonds is 4. The number of benzene rings is 1. The van der Waals surface area contributed by atoms with Crippen molar-refractivity contribution in [2.75, 3.05) is 20.2 Å². The SMILES string of the molecule is COc1ccc2[nH]c(C3CCCN(C(=O)CC(C)C)C3)cc2c1. The average molecular weight is 314 g/mol. The van der Waals surface area contributed by atoms with Gasteiger partial charge >= 0.3 is 0 Å². The summed E-state index contributed by atoms with van der Waals surface area (Å²) < 4.78 is 5.30. The minimum atomic E-state index is 0.294. The van der Waals surface area contributed by atoms with E-state index in [2.05, 4.69) is 37.0 Å². The Morgan fingerprint density at radius 1 is 1.39 bits per heavy atom. The Kier molecular flexibility index (Phi) is 4.60. The summed E-state index contributed by atoms with van der Waals surface area (Å²) >= 11 is 0. The number of nitrogens with zero attached hydrogens (tertiary/aromatic N) is 1. The van der Waals surface area contributed by atoms with Crippen molar-refractivity contribution in [2.45, 2.75) is 39.0 Å². The predicted molar refractivity (Wildman–Crippen MR) is 92.9 cm³/mol. The number of methoxy groups -OCH3 is 1. The van der Waals surface area contributed by atoms with Gasteiger partial charge in [0.1, 0.15) is 5.75 Å². The fraction of sp³-hybridized carbons (Fsp3) is 0.526. The Labute approximate surface area is 137 Å². The van der Waals surface area contributed by atoms with Crippen LogP contribution in [0.1, 0.15) is 44.7 Å². The summed E-state index contributed by atoms with van der Waals surface area (Å²) in [5, 5.41) is 1.17. The van der Waals surface area contributed by atoms with Gasteiger partial charge in [0.05, 0.1) is 7.11 Å². The molecule has 0 aliphatic carbocycles. The molecule has 1 aromatic heterocycles. The Balaban J connectivity index is 1.77. The molecule has 1 amide bonds. The van der Waals surface area contributed by atoms with E-state index in [9.17, 15) is 4.79 Å². The van der Waals surface area contributed by atoms with Gasteiger partial charge in [0.2, 0.25) is 5.91 Å². The van der Waals surface area contributed by atoms with Crippen LogP contribution in [0, 0.1) is 5.92 Å². The Bertz CT molecular complexity index is 690. The maximum atomic E-state index is 12.3. The maximum absolute atomic E-state index is 12.3. The van der Waals surface area contributed by atoms with E-state index in [1.54, 1.807) is 7.11 Å². The zero-order valence-electron chi connectivity index (χ0n) is 14.3. The number of carbonyl (C=O) groups is 1. The highest BCUT2D eigenvalue weighted by atomic mass is 16.5. The highest BCUT2D eigenvalue weighted by Crippen LogP contribution is 2.30. The van der Waals surface area contributed by atoms with Crippen LogP contribution in [0.25, 0.3) is 10.9 Å². The zero-order chi connectivity index (χ0) is 16.4. The van der Waals surface area contributed by atoms with Crippen LogP contribution in [-0.4, -0.2) is 36.0 Å². The molecule has 124 valence electrons. The van der Waals surface area contributed by atoms with Gasteiger partial charge in [0.25, 0.3) is 0 Å². The van der Waals surface area contributed by atoms with E-state index in [4.69, 9.17) is 4.74 Å². The molecular formula is C19H26N2O2. The van der Waals surface area contributed by atoms with Crippen molar-refractivity contribution in [2.24, 2.45) is 5.92 Å². The van der Waals surface area contributed by atoms with Gasteiger partial charge in [-0.1, -0.05) is 13.8 Å². The van der Waals surface area contributed by atoms with Crippen LogP contribution >= 0.6 is 0 Å². The zero-order valence-corrected chi connectivity index (χ0v) is 14.3. The Morgan fingerprint density at radius 3 is 2.96 bits per heavy atom. The molecule has 0 radical (unpaired) electrons. The van der Waals surface area contributed by atoms with Gasteiger partial charge in [-0.25, -0.2) is 0 Å². The normalized spacial score (nSPS) is 18.6. The van der Waals surface area contributed by atoms with E-state index in [0.717, 1.165) is 37.2 Å². The fourth-order valence-electron chi connectivity index (χ4n) is 3.42. The lowest BCUT2D eigenvalue weighted by Crippen LogP contribution is -2.39. The molecule has 0 saturated carbocycles. The van der Waals surface area contributed by atoms with Gasteiger partial charge in [-0.3, -0.25) is 4.79 Å². The van der Waals surface area contributed by atoms with Crippen LogP contribution in [0.2, 0.25) is 0 Å². The standard InChI is InChI=1S/C19H26N2O2/c1-13(2)9-19(22)21-8-4-5-14(12-21)18-11-15-10-16(23-3)6-7-17(15)20-18/h6-7,10-11,13-14,20H,4-5,8-9,12H2,1-3H3. The molecule has 4 nitrogen and oxygen atoms in total. The highest BCUT2D eigenvalue weighted by molar-refractivity contribution is 5.82. The van der Waals surface area contributed by atoms with E-state index in [1.807, 2.05) is 11.0 Å². The largest absolute Gasteiger partial charge is 0.497 e. The fourth-order valence-corrected chi connectivity index (χ4v) is 3.42. The maximum Gasteiger partial charge on any atom is 0.222 e. The van der Waals surface area contributed by atoms with E-state index < -0.39 is 0 Å². The molecule has 1 aliphatic heterocycles. The number of amides is 1. The van der Waals surface area contributed by atoms with Gasteiger partial charge in [-0.05, 0) is 43.0 Å². The monoisotopic (exact) mass is 314 g/mol. The van der Waals surface area contributed by atoms with Crippen molar-refractivity contribution in [3.8, 4) is 5.75 Å². The molecule has 2 heterocycles. The smallest absolute Gasteiger partial charge is 0.222 e.